The standard InChI is InChI=1S/C29H26F3N3O4/c30-29(31,32)28-34-33-27(39-28)25-15-22-6-3-7-24(26(22)38-25)37-17-23(36)16-35-12-10-19(11-13-35)21-9-8-18-4-1-2-5-20(18)14-21/h1-9,14-15,19,23,36H,10-13,16-17H2. The number of aliphatic hydroxyl groups is 1. The number of para-hydroxylation sites is 1. The molecule has 0 spiro atoms. The number of hydrogen-bond acceptors (Lipinski definition) is 7. The Morgan fingerprint density at radius 3 is 2.46 bits per heavy atom. The molecule has 0 amide bonds. The van der Waals surface area contributed by atoms with Crippen LogP contribution in [0.4, 0.5) is 13.2 Å². The van der Waals surface area contributed by atoms with Crippen molar-refractivity contribution in [1.82, 2.24) is 15.1 Å². The molecule has 0 aliphatic carbocycles. The summed E-state index contributed by atoms with van der Waals surface area (Å²) in [5.41, 5.74) is 1.68. The molecule has 1 atom stereocenters. The van der Waals surface area contributed by atoms with Crippen molar-refractivity contribution in [3.05, 3.63) is 78.2 Å². The Morgan fingerprint density at radius 2 is 1.69 bits per heavy atom. The van der Waals surface area contributed by atoms with Crippen LogP contribution in [0.15, 0.2) is 75.6 Å². The highest BCUT2D eigenvalue weighted by molar-refractivity contribution is 5.86. The molecule has 7 nitrogen and oxygen atoms in total. The average Bonchev–Trinajstić information content (AvgIpc) is 3.60. The van der Waals surface area contributed by atoms with Gasteiger partial charge in [0.05, 0.1) is 0 Å². The second-order valence-electron chi connectivity index (χ2n) is 9.84. The van der Waals surface area contributed by atoms with Crippen LogP contribution in [0.1, 0.15) is 30.2 Å². The number of aliphatic hydroxyl groups excluding tert-OH is 1. The lowest BCUT2D eigenvalue weighted by Gasteiger charge is -2.33. The van der Waals surface area contributed by atoms with Crippen LogP contribution < -0.4 is 4.74 Å². The minimum absolute atomic E-state index is 0.00103. The third-order valence-corrected chi connectivity index (χ3v) is 7.12. The maximum Gasteiger partial charge on any atom is 0.470 e. The lowest BCUT2D eigenvalue weighted by Crippen LogP contribution is -2.40. The second-order valence-corrected chi connectivity index (χ2v) is 9.84. The molecule has 6 rings (SSSR count). The number of aromatic nitrogens is 2. The van der Waals surface area contributed by atoms with Crippen LogP contribution in [0, 0.1) is 0 Å². The molecule has 0 radical (unpaired) electrons. The summed E-state index contributed by atoms with van der Waals surface area (Å²) < 4.78 is 54.7. The van der Waals surface area contributed by atoms with E-state index < -0.39 is 18.2 Å². The Morgan fingerprint density at radius 1 is 0.923 bits per heavy atom. The largest absolute Gasteiger partial charge is 0.487 e. The summed E-state index contributed by atoms with van der Waals surface area (Å²) in [7, 11) is 0. The summed E-state index contributed by atoms with van der Waals surface area (Å²) >= 11 is 0. The monoisotopic (exact) mass is 537 g/mol. The molecule has 0 bridgehead atoms. The van der Waals surface area contributed by atoms with Crippen LogP contribution in [0.5, 0.6) is 5.75 Å². The van der Waals surface area contributed by atoms with Crippen LogP contribution in [-0.4, -0.2) is 52.5 Å². The number of likely N-dealkylation sites (tertiary alicyclic amines) is 1. The molecule has 3 aromatic carbocycles. The number of benzene rings is 3. The normalized spacial score (nSPS) is 16.2. The number of β-amino-alcohol motifs (C(OH)–C–C–N with tert-alkyl or cyclic N) is 1. The van der Waals surface area contributed by atoms with Crippen LogP contribution in [0.3, 0.4) is 0 Å². The van der Waals surface area contributed by atoms with Gasteiger partial charge in [0.2, 0.25) is 0 Å². The molecular weight excluding hydrogens is 511 g/mol. The molecule has 5 aromatic rings. The molecule has 1 aliphatic rings. The molecule has 0 saturated carbocycles. The van der Waals surface area contributed by atoms with E-state index >= 15 is 0 Å². The topological polar surface area (TPSA) is 84.8 Å². The lowest BCUT2D eigenvalue weighted by molar-refractivity contribution is -0.157. The number of nitrogens with zero attached hydrogens (tertiary/aromatic N) is 3. The van der Waals surface area contributed by atoms with E-state index in [0.717, 1.165) is 25.9 Å². The summed E-state index contributed by atoms with van der Waals surface area (Å²) in [6.07, 6.45) is -3.43. The Kier molecular flexibility index (Phi) is 6.74. The fourth-order valence-corrected chi connectivity index (χ4v) is 5.14. The first-order chi connectivity index (χ1) is 18.8. The molecule has 1 unspecified atom stereocenters. The number of rotatable bonds is 7. The number of hydrogen-bond donors (Lipinski definition) is 1. The minimum atomic E-state index is -4.74. The van der Waals surface area contributed by atoms with Gasteiger partial charge in [-0.25, -0.2) is 0 Å². The van der Waals surface area contributed by atoms with Crippen molar-refractivity contribution in [2.75, 3.05) is 26.2 Å². The van der Waals surface area contributed by atoms with Gasteiger partial charge in [0.1, 0.15) is 12.7 Å². The Labute approximate surface area is 221 Å². The van der Waals surface area contributed by atoms with Crippen LogP contribution >= 0.6 is 0 Å². The number of piperidine rings is 1. The smallest absolute Gasteiger partial charge is 0.470 e. The third-order valence-electron chi connectivity index (χ3n) is 7.12. The zero-order valence-electron chi connectivity index (χ0n) is 20.9. The van der Waals surface area contributed by atoms with E-state index in [4.69, 9.17) is 13.6 Å². The van der Waals surface area contributed by atoms with E-state index in [1.807, 2.05) is 6.07 Å². The van der Waals surface area contributed by atoms with Gasteiger partial charge in [-0.1, -0.05) is 54.6 Å². The van der Waals surface area contributed by atoms with Crippen molar-refractivity contribution >= 4 is 21.7 Å². The van der Waals surface area contributed by atoms with E-state index in [0.29, 0.717) is 29.2 Å². The maximum atomic E-state index is 12.8. The third kappa shape index (κ3) is 5.48. The molecule has 1 saturated heterocycles. The van der Waals surface area contributed by atoms with Gasteiger partial charge < -0.3 is 23.6 Å². The van der Waals surface area contributed by atoms with Crippen LogP contribution in [-0.2, 0) is 6.18 Å². The predicted molar refractivity (Wildman–Crippen MR) is 138 cm³/mol. The number of fused-ring (bicyclic) bond motifs is 2. The molecule has 10 heteroatoms. The summed E-state index contributed by atoms with van der Waals surface area (Å²) in [6.45, 7) is 2.29. The molecule has 1 fully saturated rings. The number of alkyl halides is 3. The van der Waals surface area contributed by atoms with Crippen molar-refractivity contribution < 1.29 is 31.8 Å². The van der Waals surface area contributed by atoms with Gasteiger partial charge in [0.25, 0.3) is 5.89 Å². The summed E-state index contributed by atoms with van der Waals surface area (Å²) in [6, 6.07) is 21.7. The van der Waals surface area contributed by atoms with E-state index in [2.05, 4.69) is 51.5 Å². The Bertz CT molecular complexity index is 1590. The van der Waals surface area contributed by atoms with E-state index in [1.54, 1.807) is 18.2 Å². The van der Waals surface area contributed by atoms with Crippen molar-refractivity contribution in [1.29, 1.82) is 0 Å². The van der Waals surface area contributed by atoms with Crippen molar-refractivity contribution in [2.45, 2.75) is 31.0 Å². The molecule has 3 heterocycles. The average molecular weight is 538 g/mol. The Balaban J connectivity index is 1.04. The maximum absolute atomic E-state index is 12.8. The summed E-state index contributed by atoms with van der Waals surface area (Å²) in [5, 5.41) is 20.2. The Hall–Kier alpha value is -3.89. The van der Waals surface area contributed by atoms with Crippen molar-refractivity contribution in [3.8, 4) is 17.4 Å². The van der Waals surface area contributed by atoms with Gasteiger partial charge in [-0.3, -0.25) is 0 Å². The number of halogens is 3. The molecule has 39 heavy (non-hydrogen) atoms. The first kappa shape index (κ1) is 25.4. The zero-order chi connectivity index (χ0) is 27.0. The van der Waals surface area contributed by atoms with Gasteiger partial charge in [-0.15, -0.1) is 10.2 Å². The van der Waals surface area contributed by atoms with Gasteiger partial charge in [0, 0.05) is 11.9 Å². The van der Waals surface area contributed by atoms with Gasteiger partial charge >= 0.3 is 12.1 Å². The van der Waals surface area contributed by atoms with E-state index in [1.165, 1.54) is 22.4 Å². The van der Waals surface area contributed by atoms with Crippen molar-refractivity contribution in [2.24, 2.45) is 0 Å². The molecule has 1 N–H and O–H groups in total. The number of ether oxygens (including phenoxy) is 1. The van der Waals surface area contributed by atoms with Gasteiger partial charge in [-0.2, -0.15) is 13.2 Å². The zero-order valence-corrected chi connectivity index (χ0v) is 20.9. The van der Waals surface area contributed by atoms with Gasteiger partial charge in [-0.05, 0) is 60.3 Å². The highest BCUT2D eigenvalue weighted by Gasteiger charge is 2.38. The SMILES string of the molecule is OC(COc1cccc2cc(-c3nnc(C(F)(F)F)o3)oc12)CN1CCC(c2ccc3ccccc3c2)CC1. The molecular formula is C29H26F3N3O4. The van der Waals surface area contributed by atoms with Crippen molar-refractivity contribution in [3.63, 3.8) is 0 Å². The molecule has 2 aromatic heterocycles. The summed E-state index contributed by atoms with van der Waals surface area (Å²) in [4.78, 5) is 2.24. The quantitative estimate of drug-likeness (QED) is 0.262. The lowest BCUT2D eigenvalue weighted by atomic mass is 9.88. The predicted octanol–water partition coefficient (Wildman–Crippen LogP) is 6.27. The van der Waals surface area contributed by atoms with E-state index in [-0.39, 0.29) is 18.3 Å². The van der Waals surface area contributed by atoms with Crippen LogP contribution in [0.2, 0.25) is 0 Å². The van der Waals surface area contributed by atoms with Gasteiger partial charge in [0.15, 0.2) is 17.1 Å². The second kappa shape index (κ2) is 10.3. The number of furan rings is 1. The highest BCUT2D eigenvalue weighted by Crippen LogP contribution is 2.35. The first-order valence-corrected chi connectivity index (χ1v) is 12.8. The molecule has 1 aliphatic heterocycles. The highest BCUT2D eigenvalue weighted by atomic mass is 19.4. The van der Waals surface area contributed by atoms with E-state index in [9.17, 15) is 18.3 Å². The first-order valence-electron chi connectivity index (χ1n) is 12.8. The fraction of sp³-hybridized carbons (Fsp3) is 0.310. The van der Waals surface area contributed by atoms with Crippen LogP contribution in [0.25, 0.3) is 33.4 Å². The summed E-state index contributed by atoms with van der Waals surface area (Å²) in [5.74, 6) is -0.964. The minimum Gasteiger partial charge on any atom is -0.487 e. The fourth-order valence-electron chi connectivity index (χ4n) is 5.14. The molecule has 202 valence electrons.